The van der Waals surface area contributed by atoms with Crippen molar-refractivity contribution in [1.82, 2.24) is 10.6 Å². The van der Waals surface area contributed by atoms with E-state index in [1.807, 2.05) is 0 Å². The smallest absolute Gasteiger partial charge is 0.191 e. The lowest BCUT2D eigenvalue weighted by Crippen LogP contribution is -2.39. The molecule has 0 atom stereocenters. The quantitative estimate of drug-likeness (QED) is 0.181. The monoisotopic (exact) mass is 511 g/mol. The van der Waals surface area contributed by atoms with Gasteiger partial charge in [-0.25, -0.2) is 0 Å². The lowest BCUT2D eigenvalue weighted by molar-refractivity contribution is -0.0320. The number of nitrogens with zero attached hydrogens (tertiary/aromatic N) is 1. The van der Waals surface area contributed by atoms with Gasteiger partial charge >= 0.3 is 0 Å². The number of rotatable bonds is 12. The highest BCUT2D eigenvalue weighted by Crippen LogP contribution is 2.41. The van der Waals surface area contributed by atoms with Gasteiger partial charge in [-0.1, -0.05) is 12.8 Å². The highest BCUT2D eigenvalue weighted by atomic mass is 127. The first-order valence-corrected chi connectivity index (χ1v) is 11.1. The normalized spacial score (nSPS) is 20.0. The van der Waals surface area contributed by atoms with Crippen LogP contribution in [0.3, 0.4) is 0 Å². The van der Waals surface area contributed by atoms with E-state index < -0.39 is 0 Å². The number of halogens is 1. The summed E-state index contributed by atoms with van der Waals surface area (Å²) in [5.41, 5.74) is 0.337. The van der Waals surface area contributed by atoms with E-state index in [4.69, 9.17) is 19.2 Å². The van der Waals surface area contributed by atoms with Crippen molar-refractivity contribution >= 4 is 29.9 Å². The van der Waals surface area contributed by atoms with Gasteiger partial charge in [0.05, 0.1) is 6.10 Å². The molecule has 1 aliphatic heterocycles. The Kier molecular flexibility index (Phi) is 14.5. The number of guanidine groups is 1. The number of hydrogen-bond acceptors (Lipinski definition) is 4. The maximum absolute atomic E-state index is 5.94. The minimum absolute atomic E-state index is 0. The summed E-state index contributed by atoms with van der Waals surface area (Å²) in [7, 11) is 0. The molecule has 166 valence electrons. The molecule has 0 spiro atoms. The fourth-order valence-electron chi connectivity index (χ4n) is 4.01. The summed E-state index contributed by atoms with van der Waals surface area (Å²) in [5.74, 6) is 0.936. The molecule has 0 radical (unpaired) electrons. The fourth-order valence-corrected chi connectivity index (χ4v) is 4.01. The van der Waals surface area contributed by atoms with E-state index in [-0.39, 0.29) is 24.0 Å². The van der Waals surface area contributed by atoms with Crippen molar-refractivity contribution in [2.45, 2.75) is 71.3 Å². The number of hydrogen-bond donors (Lipinski definition) is 2. The molecular weight excluding hydrogens is 469 g/mol. The predicted molar refractivity (Wildman–Crippen MR) is 126 cm³/mol. The van der Waals surface area contributed by atoms with E-state index in [9.17, 15) is 0 Å². The Hall–Kier alpha value is -0.120. The van der Waals surface area contributed by atoms with Crippen molar-refractivity contribution < 1.29 is 14.2 Å². The molecule has 1 aliphatic carbocycles. The molecule has 28 heavy (non-hydrogen) atoms. The number of aliphatic imine (C=N–C) groups is 1. The molecule has 1 heterocycles. The molecule has 0 bridgehead atoms. The van der Waals surface area contributed by atoms with Gasteiger partial charge in [0, 0.05) is 52.7 Å². The first kappa shape index (κ1) is 25.9. The van der Waals surface area contributed by atoms with Gasteiger partial charge in [0.25, 0.3) is 0 Å². The van der Waals surface area contributed by atoms with E-state index in [0.29, 0.717) is 11.5 Å². The SMILES string of the molecule is CCNC(=NCC1(CCOCC)CCCC1)NCCCOC1CCOCC1.I. The van der Waals surface area contributed by atoms with E-state index in [2.05, 4.69) is 24.5 Å². The van der Waals surface area contributed by atoms with Crippen molar-refractivity contribution in [2.24, 2.45) is 10.4 Å². The van der Waals surface area contributed by atoms with Gasteiger partial charge in [0.1, 0.15) is 0 Å². The highest BCUT2D eigenvalue weighted by Gasteiger charge is 2.33. The molecule has 7 heteroatoms. The molecule has 0 aromatic carbocycles. The van der Waals surface area contributed by atoms with Crippen LogP contribution in [0, 0.1) is 5.41 Å². The zero-order valence-electron chi connectivity index (χ0n) is 18.0. The van der Waals surface area contributed by atoms with Gasteiger partial charge in [-0.05, 0) is 57.8 Å². The summed E-state index contributed by atoms with van der Waals surface area (Å²) in [6.45, 7) is 11.0. The van der Waals surface area contributed by atoms with Crippen molar-refractivity contribution in [3.05, 3.63) is 0 Å². The number of ether oxygens (including phenoxy) is 3. The standard InChI is InChI=1S/C21H41N3O3.HI/c1-3-22-20(23-13-7-14-27-19-8-15-26-16-9-19)24-18-21(10-5-6-11-21)12-17-25-4-2;/h19H,3-18H2,1-2H3,(H2,22,23,24);1H. The van der Waals surface area contributed by atoms with Crippen LogP contribution >= 0.6 is 24.0 Å². The Morgan fingerprint density at radius 1 is 1.11 bits per heavy atom. The molecule has 6 nitrogen and oxygen atoms in total. The molecular formula is C21H42IN3O3. The predicted octanol–water partition coefficient (Wildman–Crippen LogP) is 3.73. The minimum Gasteiger partial charge on any atom is -0.382 e. The van der Waals surface area contributed by atoms with E-state index >= 15 is 0 Å². The summed E-state index contributed by atoms with van der Waals surface area (Å²) in [4.78, 5) is 4.92. The Bertz CT molecular complexity index is 412. The lowest BCUT2D eigenvalue weighted by atomic mass is 9.83. The fraction of sp³-hybridized carbons (Fsp3) is 0.952. The molecule has 0 unspecified atom stereocenters. The molecule has 1 saturated carbocycles. The zero-order valence-corrected chi connectivity index (χ0v) is 20.3. The summed E-state index contributed by atoms with van der Waals surface area (Å²) in [6.07, 6.45) is 9.78. The second-order valence-electron chi connectivity index (χ2n) is 7.81. The average Bonchev–Trinajstić information content (AvgIpc) is 3.16. The molecule has 2 aliphatic rings. The van der Waals surface area contributed by atoms with E-state index in [1.165, 1.54) is 25.7 Å². The van der Waals surface area contributed by atoms with Crippen molar-refractivity contribution in [3.63, 3.8) is 0 Å². The Balaban J connectivity index is 0.00000392. The summed E-state index contributed by atoms with van der Waals surface area (Å²) < 4.78 is 16.9. The maximum Gasteiger partial charge on any atom is 0.191 e. The van der Waals surface area contributed by atoms with Crippen molar-refractivity contribution in [1.29, 1.82) is 0 Å². The summed E-state index contributed by atoms with van der Waals surface area (Å²) in [5, 5.41) is 6.85. The third-order valence-corrected chi connectivity index (χ3v) is 5.70. The zero-order chi connectivity index (χ0) is 19.2. The first-order valence-electron chi connectivity index (χ1n) is 11.1. The first-order chi connectivity index (χ1) is 13.3. The van der Waals surface area contributed by atoms with Gasteiger partial charge in [0.15, 0.2) is 5.96 Å². The Morgan fingerprint density at radius 3 is 2.54 bits per heavy atom. The number of nitrogens with one attached hydrogen (secondary N) is 2. The van der Waals surface area contributed by atoms with Gasteiger partial charge in [-0.2, -0.15) is 0 Å². The van der Waals surface area contributed by atoms with Crippen molar-refractivity contribution in [2.75, 3.05) is 52.7 Å². The second kappa shape index (κ2) is 15.7. The molecule has 2 rings (SSSR count). The van der Waals surface area contributed by atoms with Crippen LogP contribution in [0.15, 0.2) is 4.99 Å². The van der Waals surface area contributed by atoms with Crippen LogP contribution in [0.25, 0.3) is 0 Å². The molecule has 2 N–H and O–H groups in total. The van der Waals surface area contributed by atoms with E-state index in [0.717, 1.165) is 84.3 Å². The van der Waals surface area contributed by atoms with Crippen molar-refractivity contribution in [3.8, 4) is 0 Å². The summed E-state index contributed by atoms with van der Waals surface area (Å²) in [6, 6.07) is 0. The lowest BCUT2D eigenvalue weighted by Gasteiger charge is -2.27. The van der Waals surface area contributed by atoms with Crippen LogP contribution in [0.5, 0.6) is 0 Å². The Labute approximate surface area is 189 Å². The molecule has 2 fully saturated rings. The molecule has 0 aromatic heterocycles. The van der Waals surface area contributed by atoms with Crippen LogP contribution in [0.4, 0.5) is 0 Å². The largest absolute Gasteiger partial charge is 0.382 e. The van der Waals surface area contributed by atoms with Crippen LogP contribution in [0.2, 0.25) is 0 Å². The van der Waals surface area contributed by atoms with Crippen LogP contribution in [-0.4, -0.2) is 64.7 Å². The topological polar surface area (TPSA) is 64.1 Å². The summed E-state index contributed by atoms with van der Waals surface area (Å²) >= 11 is 0. The Morgan fingerprint density at radius 2 is 1.86 bits per heavy atom. The second-order valence-corrected chi connectivity index (χ2v) is 7.81. The average molecular weight is 511 g/mol. The third-order valence-electron chi connectivity index (χ3n) is 5.70. The van der Waals surface area contributed by atoms with Crippen LogP contribution in [-0.2, 0) is 14.2 Å². The van der Waals surface area contributed by atoms with Gasteiger partial charge in [0.2, 0.25) is 0 Å². The molecule has 1 saturated heterocycles. The van der Waals surface area contributed by atoms with Gasteiger partial charge in [-0.15, -0.1) is 24.0 Å². The maximum atomic E-state index is 5.94. The van der Waals surface area contributed by atoms with Crippen LogP contribution in [0.1, 0.15) is 65.2 Å². The van der Waals surface area contributed by atoms with Crippen LogP contribution < -0.4 is 10.6 Å². The molecule has 0 aromatic rings. The van der Waals surface area contributed by atoms with Gasteiger partial charge < -0.3 is 24.8 Å². The van der Waals surface area contributed by atoms with Gasteiger partial charge in [-0.3, -0.25) is 4.99 Å². The van der Waals surface area contributed by atoms with E-state index in [1.54, 1.807) is 0 Å². The third kappa shape index (κ3) is 10.1. The highest BCUT2D eigenvalue weighted by molar-refractivity contribution is 14.0. The molecule has 0 amide bonds. The minimum atomic E-state index is 0.